The van der Waals surface area contributed by atoms with Crippen molar-refractivity contribution in [3.8, 4) is 16.9 Å². The number of amides is 1. The Kier molecular flexibility index (Phi) is 8.14. The van der Waals surface area contributed by atoms with E-state index in [2.05, 4.69) is 37.2 Å². The van der Waals surface area contributed by atoms with Crippen LogP contribution in [0.2, 0.25) is 0 Å². The standard InChI is InChI=1S/C36H43N3O4/c1-7-39(8-2)15-14-38-35(43)24-11-9-10-23(17-24)27-12-13-29(40)32-21(4)31-25(19-28(27)32)18-26-16-20(3)30(22(5)37)33(41)36(26,6)34(31)42/h9-13,17,25-26,40,42H,4-5,7-8,14-16,18-19,37H2,1-3,6H3,(H,38,43)/t25?,26-,36+/m1/s1. The molecule has 5 rings (SSSR count). The Bertz CT molecular complexity index is 1600. The molecule has 1 unspecified atom stereocenters. The molecule has 2 aromatic rings. The summed E-state index contributed by atoms with van der Waals surface area (Å²) in [6.45, 7) is 19.3. The maximum Gasteiger partial charge on any atom is 0.251 e. The van der Waals surface area contributed by atoms with Crippen LogP contribution in [0.25, 0.3) is 16.7 Å². The third-order valence-corrected chi connectivity index (χ3v) is 9.95. The van der Waals surface area contributed by atoms with Crippen molar-refractivity contribution in [2.24, 2.45) is 23.0 Å². The summed E-state index contributed by atoms with van der Waals surface area (Å²) < 4.78 is 0. The Hall–Kier alpha value is -4.10. The molecule has 0 radical (unpaired) electrons. The molecule has 0 saturated carbocycles. The van der Waals surface area contributed by atoms with Gasteiger partial charge in [-0.3, -0.25) is 9.59 Å². The van der Waals surface area contributed by atoms with Crippen molar-refractivity contribution in [2.75, 3.05) is 26.2 Å². The van der Waals surface area contributed by atoms with Gasteiger partial charge in [0.1, 0.15) is 11.5 Å². The Balaban J connectivity index is 1.51. The number of rotatable bonds is 8. The fourth-order valence-electron chi connectivity index (χ4n) is 7.50. The lowest BCUT2D eigenvalue weighted by Gasteiger charge is -2.49. The van der Waals surface area contributed by atoms with Gasteiger partial charge in [-0.25, -0.2) is 0 Å². The molecule has 0 aliphatic heterocycles. The van der Waals surface area contributed by atoms with Crippen LogP contribution in [-0.2, 0) is 11.2 Å². The molecule has 0 heterocycles. The van der Waals surface area contributed by atoms with Crippen molar-refractivity contribution in [3.63, 3.8) is 0 Å². The number of carbonyl (C=O) groups is 2. The molecular weight excluding hydrogens is 538 g/mol. The third-order valence-electron chi connectivity index (χ3n) is 9.95. The molecule has 0 spiro atoms. The highest BCUT2D eigenvalue weighted by Crippen LogP contribution is 2.59. The Morgan fingerprint density at radius 3 is 2.56 bits per heavy atom. The van der Waals surface area contributed by atoms with Gasteiger partial charge in [0.2, 0.25) is 0 Å². The van der Waals surface area contributed by atoms with Crippen LogP contribution >= 0.6 is 0 Å². The van der Waals surface area contributed by atoms with Crippen LogP contribution < -0.4 is 11.1 Å². The maximum atomic E-state index is 13.8. The van der Waals surface area contributed by atoms with Gasteiger partial charge >= 0.3 is 0 Å². The van der Waals surface area contributed by atoms with Crippen molar-refractivity contribution in [3.05, 3.63) is 94.4 Å². The number of phenolic OH excluding ortho intramolecular Hbond substituents is 1. The molecule has 0 saturated heterocycles. The molecule has 3 aliphatic carbocycles. The highest BCUT2D eigenvalue weighted by atomic mass is 16.3. The highest BCUT2D eigenvalue weighted by molar-refractivity contribution is 6.07. The lowest BCUT2D eigenvalue weighted by atomic mass is 9.54. The smallest absolute Gasteiger partial charge is 0.251 e. The van der Waals surface area contributed by atoms with Crippen LogP contribution in [0.5, 0.6) is 5.75 Å². The number of nitrogens with two attached hydrogens (primary N) is 1. The number of Topliss-reactive ketones (excluding diaryl/α,β-unsaturated/α-hetero) is 1. The van der Waals surface area contributed by atoms with Gasteiger partial charge in [0.25, 0.3) is 5.91 Å². The number of aliphatic hydroxyl groups is 1. The number of fused-ring (bicyclic) bond motifs is 3. The first-order valence-electron chi connectivity index (χ1n) is 15.2. The van der Waals surface area contributed by atoms with Crippen molar-refractivity contribution in [2.45, 2.75) is 47.0 Å². The normalized spacial score (nSPS) is 23.2. The van der Waals surface area contributed by atoms with E-state index in [1.807, 2.05) is 37.3 Å². The molecule has 0 fully saturated rings. The number of hydrogen-bond acceptors (Lipinski definition) is 6. The quantitative estimate of drug-likeness (QED) is 0.308. The average molecular weight is 582 g/mol. The first kappa shape index (κ1) is 30.4. The number of likely N-dealkylation sites (N-methyl/N-ethyl adjacent to an activating group) is 1. The van der Waals surface area contributed by atoms with Crippen LogP contribution in [0, 0.1) is 17.3 Å². The van der Waals surface area contributed by atoms with Crippen LogP contribution in [0.1, 0.15) is 62.0 Å². The number of ketones is 1. The van der Waals surface area contributed by atoms with E-state index in [-0.39, 0.29) is 40.7 Å². The van der Waals surface area contributed by atoms with Crippen LogP contribution in [0.15, 0.2) is 77.7 Å². The summed E-state index contributed by atoms with van der Waals surface area (Å²) >= 11 is 0. The molecule has 226 valence electrons. The molecule has 0 aromatic heterocycles. The maximum absolute atomic E-state index is 13.8. The topological polar surface area (TPSA) is 116 Å². The van der Waals surface area contributed by atoms with Crippen molar-refractivity contribution in [1.82, 2.24) is 10.2 Å². The molecule has 7 nitrogen and oxygen atoms in total. The van der Waals surface area contributed by atoms with Crippen molar-refractivity contribution >= 4 is 17.3 Å². The lowest BCUT2D eigenvalue weighted by molar-refractivity contribution is -0.128. The number of aromatic hydroxyl groups is 1. The van der Waals surface area contributed by atoms with E-state index in [1.165, 1.54) is 0 Å². The number of hydrogen-bond donors (Lipinski definition) is 4. The molecule has 0 bridgehead atoms. The Labute approximate surface area is 254 Å². The summed E-state index contributed by atoms with van der Waals surface area (Å²) in [4.78, 5) is 29.1. The summed E-state index contributed by atoms with van der Waals surface area (Å²) in [5, 5.41) is 25.9. The van der Waals surface area contributed by atoms with E-state index in [1.54, 1.807) is 13.0 Å². The zero-order valence-corrected chi connectivity index (χ0v) is 25.7. The van der Waals surface area contributed by atoms with Crippen molar-refractivity contribution in [1.29, 1.82) is 0 Å². The second-order valence-electron chi connectivity index (χ2n) is 12.3. The van der Waals surface area contributed by atoms with Crippen LogP contribution in [0.4, 0.5) is 0 Å². The SMILES string of the molecule is C=C(N)C1=C(C)C[C@@H]2CC3Cc4c(-c5cccc(C(=O)NCCN(CC)CC)c5)ccc(O)c4C(=C)C3=C(O)[C@]2(C)C1=O. The predicted octanol–water partition coefficient (Wildman–Crippen LogP) is 5.92. The summed E-state index contributed by atoms with van der Waals surface area (Å²) in [5.41, 5.74) is 11.4. The summed E-state index contributed by atoms with van der Waals surface area (Å²) in [7, 11) is 0. The minimum atomic E-state index is -1.14. The molecule has 3 atom stereocenters. The van der Waals surface area contributed by atoms with Gasteiger partial charge in [0, 0.05) is 41.1 Å². The van der Waals surface area contributed by atoms with Gasteiger partial charge < -0.3 is 26.2 Å². The van der Waals surface area contributed by atoms with Gasteiger partial charge in [-0.05, 0) is 98.5 Å². The average Bonchev–Trinajstić information content (AvgIpc) is 2.97. The van der Waals surface area contributed by atoms with Gasteiger partial charge in [-0.2, -0.15) is 0 Å². The van der Waals surface area contributed by atoms with Crippen LogP contribution in [-0.4, -0.2) is 53.0 Å². The molecule has 2 aromatic carbocycles. The fourth-order valence-corrected chi connectivity index (χ4v) is 7.50. The molecular formula is C36H43N3O4. The first-order valence-corrected chi connectivity index (χ1v) is 15.2. The van der Waals surface area contributed by atoms with E-state index in [0.29, 0.717) is 53.7 Å². The fraction of sp³-hybridized carbons (Fsp3) is 0.389. The summed E-state index contributed by atoms with van der Waals surface area (Å²) in [5.74, 6) is -0.418. The zero-order chi connectivity index (χ0) is 31.2. The van der Waals surface area contributed by atoms with E-state index in [9.17, 15) is 19.8 Å². The van der Waals surface area contributed by atoms with E-state index >= 15 is 0 Å². The number of allylic oxidation sites excluding steroid dienone is 5. The minimum Gasteiger partial charge on any atom is -0.511 e. The van der Waals surface area contributed by atoms with Gasteiger partial charge in [0.15, 0.2) is 5.78 Å². The largest absolute Gasteiger partial charge is 0.511 e. The monoisotopic (exact) mass is 581 g/mol. The molecule has 1 amide bonds. The molecule has 3 aliphatic rings. The highest BCUT2D eigenvalue weighted by Gasteiger charge is 2.55. The number of carbonyl (C=O) groups excluding carboxylic acids is 2. The minimum absolute atomic E-state index is 0.0221. The Morgan fingerprint density at radius 1 is 1.16 bits per heavy atom. The van der Waals surface area contributed by atoms with Gasteiger partial charge in [-0.1, -0.05) is 50.8 Å². The van der Waals surface area contributed by atoms with Crippen molar-refractivity contribution < 1.29 is 19.8 Å². The van der Waals surface area contributed by atoms with E-state index in [0.717, 1.165) is 41.9 Å². The summed E-state index contributed by atoms with van der Waals surface area (Å²) in [6.07, 6.45) is 1.89. The number of nitrogens with zero attached hydrogens (tertiary/aromatic N) is 1. The first-order chi connectivity index (χ1) is 20.4. The molecule has 7 heteroatoms. The number of aliphatic hydroxyl groups excluding tert-OH is 1. The third kappa shape index (κ3) is 4.99. The van der Waals surface area contributed by atoms with Gasteiger partial charge in [-0.15, -0.1) is 0 Å². The lowest BCUT2D eigenvalue weighted by Crippen LogP contribution is -2.48. The van der Waals surface area contributed by atoms with E-state index < -0.39 is 5.41 Å². The predicted molar refractivity (Wildman–Crippen MR) is 171 cm³/mol. The summed E-state index contributed by atoms with van der Waals surface area (Å²) in [6, 6.07) is 11.1. The number of nitrogens with one attached hydrogen (secondary N) is 1. The van der Waals surface area contributed by atoms with Gasteiger partial charge in [0.05, 0.1) is 5.41 Å². The number of benzene rings is 2. The van der Waals surface area contributed by atoms with E-state index in [4.69, 9.17) is 5.73 Å². The zero-order valence-electron chi connectivity index (χ0n) is 25.7. The second-order valence-corrected chi connectivity index (χ2v) is 12.3. The second kappa shape index (κ2) is 11.5. The Morgan fingerprint density at radius 2 is 1.88 bits per heavy atom. The molecule has 5 N–H and O–H groups in total. The van der Waals surface area contributed by atoms with Crippen LogP contribution in [0.3, 0.4) is 0 Å². The number of phenols is 1. The molecule has 43 heavy (non-hydrogen) atoms.